The van der Waals surface area contributed by atoms with Crippen molar-refractivity contribution in [1.29, 1.82) is 0 Å². The Morgan fingerprint density at radius 1 is 1.13 bits per heavy atom. The number of pyridine rings is 1. The van der Waals surface area contributed by atoms with Gasteiger partial charge in [0.1, 0.15) is 5.69 Å². The minimum absolute atomic E-state index is 0.222. The van der Waals surface area contributed by atoms with Crippen molar-refractivity contribution in [1.82, 2.24) is 19.9 Å². The summed E-state index contributed by atoms with van der Waals surface area (Å²) in [5, 5.41) is 0.575. The van der Waals surface area contributed by atoms with E-state index >= 15 is 0 Å². The third-order valence-electron chi connectivity index (χ3n) is 4.92. The van der Waals surface area contributed by atoms with E-state index in [4.69, 9.17) is 11.6 Å². The molecule has 9 heteroatoms. The van der Waals surface area contributed by atoms with Crippen LogP contribution in [-0.4, -0.2) is 32.7 Å². The maximum atomic E-state index is 12.9. The van der Waals surface area contributed by atoms with Crippen molar-refractivity contribution in [2.75, 3.05) is 6.54 Å². The fourth-order valence-electron chi connectivity index (χ4n) is 3.58. The van der Waals surface area contributed by atoms with Gasteiger partial charge in [-0.2, -0.15) is 13.2 Å². The molecular weight excluding hydrogens is 417 g/mol. The number of nitrogens with zero attached hydrogens (tertiary/aromatic N) is 4. The molecule has 2 aromatic heterocycles. The van der Waals surface area contributed by atoms with E-state index in [1.54, 1.807) is 12.1 Å². The smallest absolute Gasteiger partial charge is 0.296 e. The second-order valence-corrected chi connectivity index (χ2v) is 7.35. The number of hydrogen-bond acceptors (Lipinski definition) is 5. The molecule has 0 N–H and O–H groups in total. The van der Waals surface area contributed by atoms with Gasteiger partial charge in [0.25, 0.3) is 0 Å². The van der Waals surface area contributed by atoms with Crippen LogP contribution in [-0.2, 0) is 25.7 Å². The van der Waals surface area contributed by atoms with Crippen LogP contribution in [0, 0.1) is 0 Å². The second kappa shape index (κ2) is 8.12. The normalized spacial score (nSPS) is 14.4. The Morgan fingerprint density at radius 3 is 2.67 bits per heavy atom. The van der Waals surface area contributed by atoms with Gasteiger partial charge < -0.3 is 0 Å². The largest absolute Gasteiger partial charge is 0.451 e. The number of aldehydes is 1. The third kappa shape index (κ3) is 4.20. The molecule has 0 spiro atoms. The molecule has 4 rings (SSSR count). The summed E-state index contributed by atoms with van der Waals surface area (Å²) >= 11 is 6.36. The van der Waals surface area contributed by atoms with E-state index in [2.05, 4.69) is 15.0 Å². The molecule has 0 atom stereocenters. The Morgan fingerprint density at radius 2 is 1.93 bits per heavy atom. The van der Waals surface area contributed by atoms with Gasteiger partial charge in [-0.15, -0.1) is 0 Å². The Hall–Kier alpha value is -2.84. The van der Waals surface area contributed by atoms with Gasteiger partial charge in [-0.25, -0.2) is 15.0 Å². The van der Waals surface area contributed by atoms with Gasteiger partial charge in [-0.3, -0.25) is 9.69 Å². The maximum Gasteiger partial charge on any atom is 0.451 e. The molecule has 0 saturated heterocycles. The Labute approximate surface area is 175 Å². The van der Waals surface area contributed by atoms with E-state index in [-0.39, 0.29) is 17.9 Å². The number of alkyl halides is 3. The van der Waals surface area contributed by atoms with E-state index in [0.717, 1.165) is 22.9 Å². The standard InChI is InChI=1S/C21H16ClF3N4O/c22-18-4-2-1-3-15(18)17-9-14(12-30)27-19-11-29(8-6-16(17)19)10-13-5-7-26-20(28-13)21(23,24)25/h1-5,7,9,12H,6,8,10-11H2. The van der Waals surface area contributed by atoms with Gasteiger partial charge in [0.2, 0.25) is 5.82 Å². The SMILES string of the molecule is O=Cc1cc(-c2ccccc2Cl)c2c(n1)CN(Cc1ccnc(C(F)(F)F)n1)CC2. The highest BCUT2D eigenvalue weighted by Gasteiger charge is 2.34. The molecule has 0 saturated carbocycles. The predicted molar refractivity (Wildman–Crippen MR) is 105 cm³/mol. The lowest BCUT2D eigenvalue weighted by molar-refractivity contribution is -0.145. The molecule has 1 aliphatic heterocycles. The summed E-state index contributed by atoms with van der Waals surface area (Å²) in [6.45, 7) is 1.22. The molecule has 5 nitrogen and oxygen atoms in total. The highest BCUT2D eigenvalue weighted by atomic mass is 35.5. The number of aromatic nitrogens is 3. The van der Waals surface area contributed by atoms with Crippen molar-refractivity contribution < 1.29 is 18.0 Å². The summed E-state index contributed by atoms with van der Waals surface area (Å²) in [5.41, 5.74) is 3.94. The van der Waals surface area contributed by atoms with Crippen LogP contribution < -0.4 is 0 Å². The molecule has 0 bridgehead atoms. The molecule has 0 amide bonds. The van der Waals surface area contributed by atoms with E-state index in [0.29, 0.717) is 36.5 Å². The van der Waals surface area contributed by atoms with Crippen LogP contribution >= 0.6 is 11.6 Å². The molecule has 30 heavy (non-hydrogen) atoms. The van der Waals surface area contributed by atoms with E-state index in [1.165, 1.54) is 6.07 Å². The molecule has 0 aliphatic carbocycles. The Balaban J connectivity index is 1.64. The van der Waals surface area contributed by atoms with Crippen molar-refractivity contribution in [3.8, 4) is 11.1 Å². The average molecular weight is 433 g/mol. The highest BCUT2D eigenvalue weighted by Crippen LogP contribution is 2.34. The predicted octanol–water partition coefficient (Wildman–Crippen LogP) is 4.58. The minimum atomic E-state index is -4.59. The van der Waals surface area contributed by atoms with Crippen LogP contribution in [0.2, 0.25) is 5.02 Å². The summed E-state index contributed by atoms with van der Waals surface area (Å²) in [4.78, 5) is 24.7. The monoisotopic (exact) mass is 432 g/mol. The van der Waals surface area contributed by atoms with Crippen LogP contribution in [0.5, 0.6) is 0 Å². The fraction of sp³-hybridized carbons (Fsp3) is 0.238. The number of rotatable bonds is 4. The fourth-order valence-corrected chi connectivity index (χ4v) is 3.82. The number of carbonyl (C=O) groups is 1. The summed E-state index contributed by atoms with van der Waals surface area (Å²) in [7, 11) is 0. The highest BCUT2D eigenvalue weighted by molar-refractivity contribution is 6.33. The third-order valence-corrected chi connectivity index (χ3v) is 5.25. The molecule has 154 valence electrons. The lowest BCUT2D eigenvalue weighted by atomic mass is 9.93. The van der Waals surface area contributed by atoms with Gasteiger partial charge in [-0.05, 0) is 35.7 Å². The Kier molecular flexibility index (Phi) is 5.53. The number of benzene rings is 1. The molecule has 1 aliphatic rings. The first-order valence-electron chi connectivity index (χ1n) is 9.19. The van der Waals surface area contributed by atoms with Crippen molar-refractivity contribution >= 4 is 17.9 Å². The van der Waals surface area contributed by atoms with Crippen molar-refractivity contribution in [2.24, 2.45) is 0 Å². The second-order valence-electron chi connectivity index (χ2n) is 6.95. The van der Waals surface area contributed by atoms with Gasteiger partial charge in [-0.1, -0.05) is 29.8 Å². The number of fused-ring (bicyclic) bond motifs is 1. The van der Waals surface area contributed by atoms with Crippen LogP contribution in [0.4, 0.5) is 13.2 Å². The van der Waals surface area contributed by atoms with Crippen LogP contribution in [0.15, 0.2) is 42.6 Å². The van der Waals surface area contributed by atoms with E-state index < -0.39 is 12.0 Å². The zero-order valence-electron chi connectivity index (χ0n) is 15.7. The van der Waals surface area contributed by atoms with Gasteiger partial charge >= 0.3 is 6.18 Å². The van der Waals surface area contributed by atoms with Gasteiger partial charge in [0.05, 0.1) is 11.4 Å². The topological polar surface area (TPSA) is 59.0 Å². The molecule has 0 radical (unpaired) electrons. The number of carbonyl (C=O) groups excluding carboxylic acids is 1. The summed E-state index contributed by atoms with van der Waals surface area (Å²) in [5.74, 6) is -1.15. The lowest BCUT2D eigenvalue weighted by Crippen LogP contribution is -2.32. The van der Waals surface area contributed by atoms with Gasteiger partial charge in [0, 0.05) is 36.4 Å². The van der Waals surface area contributed by atoms with Crippen molar-refractivity contribution in [2.45, 2.75) is 25.7 Å². The van der Waals surface area contributed by atoms with Gasteiger partial charge in [0.15, 0.2) is 6.29 Å². The lowest BCUT2D eigenvalue weighted by Gasteiger charge is -2.29. The first kappa shape index (κ1) is 20.4. The summed E-state index contributed by atoms with van der Waals surface area (Å²) < 4.78 is 38.6. The van der Waals surface area contributed by atoms with Crippen LogP contribution in [0.1, 0.15) is 33.3 Å². The summed E-state index contributed by atoms with van der Waals surface area (Å²) in [6, 6.07) is 10.6. The summed E-state index contributed by atoms with van der Waals surface area (Å²) in [6.07, 6.45) is -2.17. The number of halogens is 4. The molecule has 3 aromatic rings. The van der Waals surface area contributed by atoms with Crippen molar-refractivity contribution in [3.05, 3.63) is 76.1 Å². The van der Waals surface area contributed by atoms with Crippen LogP contribution in [0.25, 0.3) is 11.1 Å². The zero-order chi connectivity index (χ0) is 21.3. The maximum absolute atomic E-state index is 12.9. The Bertz CT molecular complexity index is 1100. The minimum Gasteiger partial charge on any atom is -0.296 e. The molecule has 1 aromatic carbocycles. The van der Waals surface area contributed by atoms with E-state index in [1.807, 2.05) is 23.1 Å². The van der Waals surface area contributed by atoms with Crippen molar-refractivity contribution in [3.63, 3.8) is 0 Å². The van der Waals surface area contributed by atoms with E-state index in [9.17, 15) is 18.0 Å². The zero-order valence-corrected chi connectivity index (χ0v) is 16.4. The first-order valence-corrected chi connectivity index (χ1v) is 9.57. The molecule has 0 fully saturated rings. The molecule has 3 heterocycles. The average Bonchev–Trinajstić information content (AvgIpc) is 2.73. The molecular formula is C21H16ClF3N4O. The first-order chi connectivity index (χ1) is 14.3. The number of hydrogen-bond donors (Lipinski definition) is 0. The molecule has 0 unspecified atom stereocenters. The quantitative estimate of drug-likeness (QED) is 0.565. The van der Waals surface area contributed by atoms with Crippen LogP contribution in [0.3, 0.4) is 0 Å².